The Morgan fingerprint density at radius 2 is 1.59 bits per heavy atom. The Bertz CT molecular complexity index is 1290. The van der Waals surface area contributed by atoms with Crippen molar-refractivity contribution in [1.82, 2.24) is 9.47 Å². The number of rotatable bonds is 8. The fraction of sp³-hybridized carbons (Fsp3) is 0.179. The molecule has 1 aromatic heterocycles. The molecule has 0 aliphatic carbocycles. The van der Waals surface area contributed by atoms with E-state index in [0.29, 0.717) is 28.7 Å². The van der Waals surface area contributed by atoms with Crippen LogP contribution in [-0.4, -0.2) is 22.5 Å². The lowest BCUT2D eigenvalue weighted by Crippen LogP contribution is -2.31. The largest absolute Gasteiger partial charge is 0.497 e. The van der Waals surface area contributed by atoms with Crippen molar-refractivity contribution in [3.8, 4) is 11.4 Å². The molecule has 0 bridgehead atoms. The molecule has 1 heterocycles. The van der Waals surface area contributed by atoms with Crippen molar-refractivity contribution in [3.05, 3.63) is 117 Å². The van der Waals surface area contributed by atoms with Gasteiger partial charge in [0, 0.05) is 35.5 Å². The minimum Gasteiger partial charge on any atom is -0.497 e. The number of ether oxygens (including phenoxy) is 1. The van der Waals surface area contributed by atoms with E-state index in [9.17, 15) is 4.79 Å². The molecular formula is C28H26Cl2N2O2. The summed E-state index contributed by atoms with van der Waals surface area (Å²) in [6.07, 6.45) is 4.70. The summed E-state index contributed by atoms with van der Waals surface area (Å²) in [4.78, 5) is 15.8. The number of nitrogens with zero attached hydrogens (tertiary/aromatic N) is 2. The summed E-state index contributed by atoms with van der Waals surface area (Å²) in [6, 6.07) is 22.9. The molecule has 0 saturated heterocycles. The molecule has 34 heavy (non-hydrogen) atoms. The highest BCUT2D eigenvalue weighted by Gasteiger charge is 2.22. The zero-order valence-electron chi connectivity index (χ0n) is 19.2. The molecule has 6 heteroatoms. The van der Waals surface area contributed by atoms with Crippen LogP contribution in [-0.2, 0) is 19.5 Å². The average Bonchev–Trinajstić information content (AvgIpc) is 3.40. The first-order chi connectivity index (χ1) is 16.5. The Morgan fingerprint density at radius 1 is 0.882 bits per heavy atom. The fourth-order valence-corrected chi connectivity index (χ4v) is 4.49. The van der Waals surface area contributed by atoms with Crippen LogP contribution in [0.25, 0.3) is 5.69 Å². The third kappa shape index (κ3) is 5.30. The smallest absolute Gasteiger partial charge is 0.256 e. The number of amides is 1. The molecule has 0 fully saturated rings. The van der Waals surface area contributed by atoms with E-state index in [1.165, 1.54) is 0 Å². The zero-order valence-corrected chi connectivity index (χ0v) is 20.7. The summed E-state index contributed by atoms with van der Waals surface area (Å²) in [7, 11) is 1.66. The molecule has 4 nitrogen and oxygen atoms in total. The van der Waals surface area contributed by atoms with E-state index < -0.39 is 0 Å². The third-order valence-corrected chi connectivity index (χ3v) is 6.42. The number of methoxy groups -OCH3 is 1. The number of benzene rings is 3. The molecule has 0 unspecified atom stereocenters. The van der Waals surface area contributed by atoms with Gasteiger partial charge >= 0.3 is 0 Å². The molecule has 0 aliphatic rings. The summed E-state index contributed by atoms with van der Waals surface area (Å²) < 4.78 is 7.35. The molecule has 174 valence electrons. The highest BCUT2D eigenvalue weighted by atomic mass is 35.5. The standard InChI is InChI=1S/C28H26Cl2N2O2/c1-3-20-16-24(34-2)13-11-21(20)18-32(19-22-10-12-23(29)17-26(22)30)28(33)25-8-4-5-9-27(25)31-14-6-7-15-31/h4-17H,3,18-19H2,1-2H3. The van der Waals surface area contributed by atoms with Gasteiger partial charge < -0.3 is 14.2 Å². The first kappa shape index (κ1) is 23.9. The lowest BCUT2D eigenvalue weighted by atomic mass is 10.0. The second-order valence-corrected chi connectivity index (χ2v) is 8.84. The van der Waals surface area contributed by atoms with Gasteiger partial charge in [-0.05, 0) is 71.6 Å². The van der Waals surface area contributed by atoms with Crippen LogP contribution in [0.15, 0.2) is 85.2 Å². The van der Waals surface area contributed by atoms with Crippen LogP contribution in [0.5, 0.6) is 5.75 Å². The van der Waals surface area contributed by atoms with Gasteiger partial charge in [0.1, 0.15) is 5.75 Å². The number of aryl methyl sites for hydroxylation is 1. The van der Waals surface area contributed by atoms with Crippen LogP contribution in [0.2, 0.25) is 10.0 Å². The van der Waals surface area contributed by atoms with Crippen molar-refractivity contribution in [2.75, 3.05) is 7.11 Å². The monoisotopic (exact) mass is 492 g/mol. The van der Waals surface area contributed by atoms with Gasteiger partial charge in [0.25, 0.3) is 5.91 Å². The number of aromatic nitrogens is 1. The van der Waals surface area contributed by atoms with Crippen molar-refractivity contribution < 1.29 is 9.53 Å². The van der Waals surface area contributed by atoms with E-state index in [1.54, 1.807) is 19.2 Å². The minimum absolute atomic E-state index is 0.0758. The van der Waals surface area contributed by atoms with Crippen LogP contribution in [0, 0.1) is 0 Å². The normalized spacial score (nSPS) is 10.8. The van der Waals surface area contributed by atoms with Crippen molar-refractivity contribution >= 4 is 29.1 Å². The van der Waals surface area contributed by atoms with Gasteiger partial charge in [-0.2, -0.15) is 0 Å². The molecule has 0 N–H and O–H groups in total. The van der Waals surface area contributed by atoms with Crippen LogP contribution >= 0.6 is 23.2 Å². The fourth-order valence-electron chi connectivity index (χ4n) is 4.02. The molecular weight excluding hydrogens is 467 g/mol. The summed E-state index contributed by atoms with van der Waals surface area (Å²) in [5.41, 5.74) is 4.49. The lowest BCUT2D eigenvalue weighted by molar-refractivity contribution is 0.0729. The van der Waals surface area contributed by atoms with Gasteiger partial charge in [0.15, 0.2) is 0 Å². The molecule has 4 rings (SSSR count). The maximum Gasteiger partial charge on any atom is 0.256 e. The first-order valence-corrected chi connectivity index (χ1v) is 11.9. The molecule has 0 aliphatic heterocycles. The number of carbonyl (C=O) groups excluding carboxylic acids is 1. The highest BCUT2D eigenvalue weighted by molar-refractivity contribution is 6.35. The molecule has 4 aromatic rings. The van der Waals surface area contributed by atoms with Crippen LogP contribution < -0.4 is 4.74 Å². The van der Waals surface area contributed by atoms with Gasteiger partial charge in [-0.1, -0.05) is 54.4 Å². The average molecular weight is 493 g/mol. The Morgan fingerprint density at radius 3 is 2.29 bits per heavy atom. The van der Waals surface area contributed by atoms with Crippen LogP contribution in [0.4, 0.5) is 0 Å². The van der Waals surface area contributed by atoms with Crippen molar-refractivity contribution in [2.45, 2.75) is 26.4 Å². The molecule has 3 aromatic carbocycles. The number of hydrogen-bond donors (Lipinski definition) is 0. The van der Waals surface area contributed by atoms with E-state index in [4.69, 9.17) is 27.9 Å². The van der Waals surface area contributed by atoms with Crippen molar-refractivity contribution in [3.63, 3.8) is 0 Å². The van der Waals surface area contributed by atoms with E-state index in [-0.39, 0.29) is 5.91 Å². The molecule has 0 spiro atoms. The van der Waals surface area contributed by atoms with Gasteiger partial charge in [-0.25, -0.2) is 0 Å². The predicted molar refractivity (Wildman–Crippen MR) is 138 cm³/mol. The van der Waals surface area contributed by atoms with Crippen molar-refractivity contribution in [1.29, 1.82) is 0 Å². The topological polar surface area (TPSA) is 34.5 Å². The first-order valence-electron chi connectivity index (χ1n) is 11.1. The SMILES string of the molecule is CCc1cc(OC)ccc1CN(Cc1ccc(Cl)cc1Cl)C(=O)c1ccccc1-n1cccc1. The Balaban J connectivity index is 1.75. The van der Waals surface area contributed by atoms with Crippen LogP contribution in [0.1, 0.15) is 34.0 Å². The Hall–Kier alpha value is -3.21. The van der Waals surface area contributed by atoms with Gasteiger partial charge in [-0.15, -0.1) is 0 Å². The summed E-state index contributed by atoms with van der Waals surface area (Å²) in [6.45, 7) is 2.89. The van der Waals surface area contributed by atoms with Gasteiger partial charge in [0.2, 0.25) is 0 Å². The minimum atomic E-state index is -0.0758. The summed E-state index contributed by atoms with van der Waals surface area (Å²) in [5, 5.41) is 1.10. The predicted octanol–water partition coefficient (Wildman–Crippen LogP) is 7.20. The Labute approximate surface area is 210 Å². The number of carbonyl (C=O) groups is 1. The van der Waals surface area contributed by atoms with Gasteiger partial charge in [-0.3, -0.25) is 4.79 Å². The summed E-state index contributed by atoms with van der Waals surface area (Å²) >= 11 is 12.6. The van der Waals surface area contributed by atoms with E-state index in [0.717, 1.165) is 34.5 Å². The second kappa shape index (κ2) is 10.8. The third-order valence-electron chi connectivity index (χ3n) is 5.84. The molecule has 0 saturated carbocycles. The maximum atomic E-state index is 14.0. The Kier molecular flexibility index (Phi) is 7.61. The van der Waals surface area contributed by atoms with Gasteiger partial charge in [0.05, 0.1) is 18.4 Å². The van der Waals surface area contributed by atoms with Crippen LogP contribution in [0.3, 0.4) is 0 Å². The van der Waals surface area contributed by atoms with E-state index in [1.807, 2.05) is 82.5 Å². The van der Waals surface area contributed by atoms with E-state index >= 15 is 0 Å². The number of halogens is 2. The second-order valence-electron chi connectivity index (χ2n) is 7.99. The maximum absolute atomic E-state index is 14.0. The molecule has 0 radical (unpaired) electrons. The highest BCUT2D eigenvalue weighted by Crippen LogP contribution is 2.27. The quantitative estimate of drug-likeness (QED) is 0.260. The zero-order chi connectivity index (χ0) is 24.1. The lowest BCUT2D eigenvalue weighted by Gasteiger charge is -2.26. The number of para-hydroxylation sites is 1. The van der Waals surface area contributed by atoms with E-state index in [2.05, 4.69) is 6.92 Å². The molecule has 0 atom stereocenters. The number of hydrogen-bond acceptors (Lipinski definition) is 2. The van der Waals surface area contributed by atoms with Crippen molar-refractivity contribution in [2.24, 2.45) is 0 Å². The summed E-state index contributed by atoms with van der Waals surface area (Å²) in [5.74, 6) is 0.727. The molecule has 1 amide bonds.